The van der Waals surface area contributed by atoms with Crippen molar-refractivity contribution in [2.45, 2.75) is 0 Å². The monoisotopic (exact) mass is 137 g/mol. The third kappa shape index (κ3) is 2.86. The molecule has 0 saturated carbocycles. The van der Waals surface area contributed by atoms with Crippen molar-refractivity contribution < 1.29 is 0 Å². The normalized spacial score (nSPS) is 17.3. The van der Waals surface area contributed by atoms with Crippen molar-refractivity contribution in [3.8, 4) is 0 Å². The van der Waals surface area contributed by atoms with E-state index in [1.807, 2.05) is 6.08 Å². The zero-order chi connectivity index (χ0) is 5.82. The van der Waals surface area contributed by atoms with Gasteiger partial charge in [-0.2, -0.15) is 0 Å². The Bertz CT molecular complexity index is 101. The summed E-state index contributed by atoms with van der Waals surface area (Å²) < 4.78 is 0. The zero-order valence-corrected chi connectivity index (χ0v) is 6.48. The molecule has 3 radical (unpaired) electrons. The highest BCUT2D eigenvalue weighted by Gasteiger charge is 2.04. The fourth-order valence-corrected chi connectivity index (χ4v) is 2.56. The summed E-state index contributed by atoms with van der Waals surface area (Å²) in [7, 11) is 0.326. The molecule has 0 aromatic rings. The van der Waals surface area contributed by atoms with E-state index in [4.69, 9.17) is 0 Å². The van der Waals surface area contributed by atoms with E-state index in [2.05, 4.69) is 18.7 Å². The van der Waals surface area contributed by atoms with Crippen LogP contribution in [0.4, 0.5) is 0 Å². The Morgan fingerprint density at radius 1 is 1.44 bits per heavy atom. The van der Waals surface area contributed by atoms with Crippen LogP contribution in [0.25, 0.3) is 0 Å². The minimum atomic E-state index is 0. The third-order valence-electron chi connectivity index (χ3n) is 1.28. The maximum absolute atomic E-state index is 3.71. The van der Waals surface area contributed by atoms with Crippen LogP contribution in [-0.4, -0.2) is 26.9 Å². The van der Waals surface area contributed by atoms with E-state index >= 15 is 0 Å². The van der Waals surface area contributed by atoms with Crippen LogP contribution in [0.5, 0.6) is 0 Å². The molecule has 0 saturated heterocycles. The van der Waals surface area contributed by atoms with Crippen molar-refractivity contribution in [1.82, 2.24) is 0 Å². The molecule has 1 aliphatic rings. The summed E-state index contributed by atoms with van der Waals surface area (Å²) in [6.07, 6.45) is 10.5. The Balaban J connectivity index is 0.000000640. The molecule has 0 aliphatic carbocycles. The Labute approximate surface area is 60.4 Å². The quantitative estimate of drug-likeness (QED) is 0.309. The van der Waals surface area contributed by atoms with Crippen molar-refractivity contribution in [2.24, 2.45) is 0 Å². The second kappa shape index (κ2) is 4.82. The lowest BCUT2D eigenvalue weighted by Crippen LogP contribution is -1.79. The second-order valence-electron chi connectivity index (χ2n) is 1.98. The van der Waals surface area contributed by atoms with Gasteiger partial charge in [-0.1, -0.05) is 26.1 Å². The van der Waals surface area contributed by atoms with Gasteiger partial charge in [0.2, 0.25) is 0 Å². The average Bonchev–Trinajstić information content (AvgIpc) is 2.19. The van der Waals surface area contributed by atoms with Crippen molar-refractivity contribution >= 4 is 16.3 Å². The molecule has 0 atom stereocenters. The van der Waals surface area contributed by atoms with Gasteiger partial charge in [0, 0.05) is 8.41 Å². The molecule has 0 amide bonds. The molecule has 1 aliphatic heterocycles. The average molecular weight is 137 g/mol. The van der Waals surface area contributed by atoms with Gasteiger partial charge in [0.1, 0.15) is 0 Å². The summed E-state index contributed by atoms with van der Waals surface area (Å²) >= 11 is 0. The number of hydrogen-bond donors (Lipinski definition) is 0. The van der Waals surface area contributed by atoms with Crippen LogP contribution < -0.4 is 0 Å². The topological polar surface area (TPSA) is 0 Å². The van der Waals surface area contributed by atoms with Gasteiger partial charge in [0.25, 0.3) is 0 Å². The van der Waals surface area contributed by atoms with Gasteiger partial charge in [-0.25, -0.2) is 0 Å². The van der Waals surface area contributed by atoms with Crippen molar-refractivity contribution in [3.05, 3.63) is 24.8 Å². The summed E-state index contributed by atoms with van der Waals surface area (Å²) in [4.78, 5) is 0. The lowest BCUT2D eigenvalue weighted by Gasteiger charge is -2.02. The van der Waals surface area contributed by atoms with E-state index in [0.717, 1.165) is 0 Å². The van der Waals surface area contributed by atoms with Crippen LogP contribution in [0.15, 0.2) is 24.8 Å². The smallest absolute Gasteiger partial charge is 0 e. The predicted octanol–water partition coefficient (Wildman–Crippen LogP) is 1.84. The van der Waals surface area contributed by atoms with Crippen molar-refractivity contribution in [3.63, 3.8) is 0 Å². The Morgan fingerprint density at radius 3 is 2.44 bits per heavy atom. The largest absolute Gasteiger partial charge is 0.103 e. The molecule has 47 valence electrons. The van der Waals surface area contributed by atoms with Gasteiger partial charge in [-0.05, 0) is 18.5 Å². The highest BCUT2D eigenvalue weighted by molar-refractivity contribution is 7.58. The first kappa shape index (κ1) is 8.97. The molecular weight excluding hydrogens is 126 g/mol. The molecule has 0 nitrogen and oxygen atoms in total. The van der Waals surface area contributed by atoms with Gasteiger partial charge < -0.3 is 0 Å². The molecule has 0 spiro atoms. The molecule has 0 bridgehead atoms. The maximum Gasteiger partial charge on any atom is 0 e. The minimum absolute atomic E-state index is 0. The Kier molecular flexibility index (Phi) is 4.80. The fourth-order valence-electron chi connectivity index (χ4n) is 0.853. The lowest BCUT2D eigenvalue weighted by molar-refractivity contribution is 1.68. The summed E-state index contributed by atoms with van der Waals surface area (Å²) in [6, 6.07) is 0. The first-order chi connectivity index (χ1) is 3.93. The van der Waals surface area contributed by atoms with Gasteiger partial charge in [0.05, 0.1) is 0 Å². The van der Waals surface area contributed by atoms with Gasteiger partial charge in [-0.15, -0.1) is 6.58 Å². The van der Waals surface area contributed by atoms with Gasteiger partial charge >= 0.3 is 0 Å². The highest BCUT2D eigenvalue weighted by Crippen LogP contribution is 2.38. The van der Waals surface area contributed by atoms with E-state index in [0.29, 0.717) is 7.92 Å². The molecular formula is C7H11BP. The first-order valence-corrected chi connectivity index (χ1v) is 4.81. The molecule has 2 heteroatoms. The summed E-state index contributed by atoms with van der Waals surface area (Å²) in [5, 5.41) is 0. The fraction of sp³-hybridized carbons (Fsp3) is 0.429. The first-order valence-electron chi connectivity index (χ1n) is 2.92. The summed E-state index contributed by atoms with van der Waals surface area (Å²) in [6.45, 7) is 3.71. The molecule has 0 N–H and O–H groups in total. The van der Waals surface area contributed by atoms with Crippen LogP contribution in [0, 0.1) is 0 Å². The molecule has 0 aromatic carbocycles. The summed E-state index contributed by atoms with van der Waals surface area (Å²) in [5.74, 6) is 0. The molecule has 9 heavy (non-hydrogen) atoms. The van der Waals surface area contributed by atoms with Crippen molar-refractivity contribution in [1.29, 1.82) is 0 Å². The van der Waals surface area contributed by atoms with E-state index in [1.54, 1.807) is 0 Å². The predicted molar refractivity (Wildman–Crippen MR) is 46.6 cm³/mol. The second-order valence-corrected chi connectivity index (χ2v) is 4.42. The maximum atomic E-state index is 3.71. The minimum Gasteiger partial charge on any atom is -0.103 e. The van der Waals surface area contributed by atoms with E-state index in [-0.39, 0.29) is 8.41 Å². The summed E-state index contributed by atoms with van der Waals surface area (Å²) in [5.41, 5.74) is 0. The lowest BCUT2D eigenvalue weighted by atomic mass is 10.6. The van der Waals surface area contributed by atoms with Crippen LogP contribution >= 0.6 is 7.92 Å². The zero-order valence-electron chi connectivity index (χ0n) is 5.59. The molecule has 0 unspecified atom stereocenters. The number of hydrogen-bond acceptors (Lipinski definition) is 0. The standard InChI is InChI=1S/C7H11P.B/c1-2-5-8-6-3-4-7-8;/h2-4H,1,5-7H2;. The molecule has 0 aromatic heterocycles. The highest BCUT2D eigenvalue weighted by atomic mass is 31.1. The van der Waals surface area contributed by atoms with Crippen LogP contribution in [-0.2, 0) is 0 Å². The van der Waals surface area contributed by atoms with Gasteiger partial charge in [0.15, 0.2) is 0 Å². The van der Waals surface area contributed by atoms with Crippen molar-refractivity contribution in [2.75, 3.05) is 18.5 Å². The molecule has 0 fully saturated rings. The molecule has 1 rings (SSSR count). The number of allylic oxidation sites excluding steroid dienone is 3. The van der Waals surface area contributed by atoms with E-state index < -0.39 is 0 Å². The Hall–Kier alpha value is -0.0251. The van der Waals surface area contributed by atoms with E-state index in [1.165, 1.54) is 18.5 Å². The van der Waals surface area contributed by atoms with Gasteiger partial charge in [-0.3, -0.25) is 0 Å². The number of rotatable bonds is 2. The Morgan fingerprint density at radius 2 is 2.00 bits per heavy atom. The van der Waals surface area contributed by atoms with Crippen LogP contribution in [0.3, 0.4) is 0 Å². The van der Waals surface area contributed by atoms with Crippen LogP contribution in [0.1, 0.15) is 0 Å². The molecule has 1 heterocycles. The van der Waals surface area contributed by atoms with E-state index in [9.17, 15) is 0 Å². The third-order valence-corrected chi connectivity index (χ3v) is 3.51. The van der Waals surface area contributed by atoms with Crippen LogP contribution in [0.2, 0.25) is 0 Å². The SMILES string of the molecule is C=CCP1CC=CC1.[B].